The standard InChI is InChI=1S/C26H31FN8O11P2S2/c27-16-19-14(44-25(16)34-6-12-2-1-3-28-21-15(12)22(34)30-9-29-21)8-42-48(40,50)46-20-18(37)13(7-41-47(39,49)45-19)43-26(20)35-11-31-17-23(35)32-10-33(4-5-36)24(17)38/h6,9-11,13-14,16,18-20,25-26,36-37H,1-5,7-8H2,(H,39,49)(H,40,50)(H,28,29,30)/t13-,14-,16+,18-,19-,20-,25-,26-,47?,48?/m1/s1. The van der Waals surface area contributed by atoms with E-state index in [2.05, 4.69) is 49.7 Å². The summed E-state index contributed by atoms with van der Waals surface area (Å²) < 4.78 is 82.1. The van der Waals surface area contributed by atoms with Gasteiger partial charge in [0.1, 0.15) is 54.6 Å². The van der Waals surface area contributed by atoms with Crippen molar-refractivity contribution < 1.29 is 51.3 Å². The molecule has 8 heterocycles. The third kappa shape index (κ3) is 6.12. The molecule has 0 saturated carbocycles. The molecule has 0 aromatic carbocycles. The van der Waals surface area contributed by atoms with Crippen LogP contribution in [-0.2, 0) is 49.7 Å². The first-order chi connectivity index (χ1) is 23.9. The molecular formula is C26H31FN8O11P2S2. The highest BCUT2D eigenvalue weighted by Crippen LogP contribution is 2.60. The molecule has 2 bridgehead atoms. The summed E-state index contributed by atoms with van der Waals surface area (Å²) in [6.07, 6.45) is -4.97. The van der Waals surface area contributed by atoms with Gasteiger partial charge in [0.05, 0.1) is 38.1 Å². The summed E-state index contributed by atoms with van der Waals surface area (Å²) in [5.41, 5.74) is 0.678. The second-order valence-corrected chi connectivity index (χ2v) is 17.8. The summed E-state index contributed by atoms with van der Waals surface area (Å²) >= 11 is 8.20. The Balaban J connectivity index is 1.10. The van der Waals surface area contributed by atoms with Crippen molar-refractivity contribution in [2.45, 2.75) is 68.5 Å². The molecule has 3 saturated heterocycles. The number of anilines is 1. The third-order valence-corrected chi connectivity index (χ3v) is 12.2. The largest absolute Gasteiger partial charge is 0.395 e. The van der Waals surface area contributed by atoms with E-state index in [9.17, 15) is 24.1 Å². The number of aryl methyl sites for hydroxylation is 1. The summed E-state index contributed by atoms with van der Waals surface area (Å²) in [4.78, 5) is 29.9. The zero-order chi connectivity index (χ0) is 34.9. The van der Waals surface area contributed by atoms with Gasteiger partial charge in [-0.15, -0.1) is 0 Å². The first-order valence-electron chi connectivity index (χ1n) is 15.5. The minimum absolute atomic E-state index is 0.0181. The molecule has 8 rings (SSSR count). The molecule has 10 atom stereocenters. The number of nitrogens with zero attached hydrogens (tertiary/aromatic N) is 7. The molecule has 4 aromatic heterocycles. The average Bonchev–Trinajstić information content (AvgIpc) is 3.78. The molecule has 0 aliphatic carbocycles. The van der Waals surface area contributed by atoms with Crippen LogP contribution in [0.2, 0.25) is 0 Å². The number of aromatic nitrogens is 7. The highest BCUT2D eigenvalue weighted by Gasteiger charge is 2.54. The summed E-state index contributed by atoms with van der Waals surface area (Å²) in [5, 5.41) is 24.5. The fourth-order valence-corrected chi connectivity index (χ4v) is 9.58. The van der Waals surface area contributed by atoms with Gasteiger partial charge < -0.3 is 29.6 Å². The van der Waals surface area contributed by atoms with Crippen LogP contribution in [0.5, 0.6) is 0 Å². The first kappa shape index (κ1) is 34.6. The van der Waals surface area contributed by atoms with Crippen molar-refractivity contribution in [1.82, 2.24) is 33.6 Å². The number of halogens is 1. The summed E-state index contributed by atoms with van der Waals surface area (Å²) in [7, 11) is 0. The Morgan fingerprint density at radius 1 is 0.960 bits per heavy atom. The Bertz CT molecular complexity index is 2110. The number of imidazole rings is 1. The van der Waals surface area contributed by atoms with Crippen LogP contribution in [0, 0.1) is 0 Å². The number of thiol groups is 2. The van der Waals surface area contributed by atoms with Crippen LogP contribution in [0.4, 0.5) is 10.2 Å². The van der Waals surface area contributed by atoms with Gasteiger partial charge in [-0.1, -0.05) is 24.5 Å². The van der Waals surface area contributed by atoms with Crippen LogP contribution >= 0.6 is 38.1 Å². The number of hydrogen-bond donors (Lipinski definition) is 5. The van der Waals surface area contributed by atoms with Gasteiger partial charge in [0.2, 0.25) is 0 Å². The van der Waals surface area contributed by atoms with Crippen LogP contribution in [0.3, 0.4) is 0 Å². The Labute approximate surface area is 291 Å². The number of alkyl halides is 1. The molecule has 3 fully saturated rings. The van der Waals surface area contributed by atoms with Crippen molar-refractivity contribution in [1.29, 1.82) is 0 Å². The molecule has 19 nitrogen and oxygen atoms in total. The fourth-order valence-electron chi connectivity index (χ4n) is 6.64. The van der Waals surface area contributed by atoms with Gasteiger partial charge in [-0.2, -0.15) is 0 Å². The fraction of sp³-hybridized carbons (Fsp3) is 0.577. The summed E-state index contributed by atoms with van der Waals surface area (Å²) in [6, 6.07) is 0. The molecule has 4 aliphatic rings. The second kappa shape index (κ2) is 13.2. The molecule has 0 radical (unpaired) electrons. The molecular weight excluding hydrogens is 745 g/mol. The predicted molar refractivity (Wildman–Crippen MR) is 177 cm³/mol. The number of hydrogen-bond acceptors (Lipinski definition) is 16. The maximum Gasteiger partial charge on any atom is 0.386 e. The normalized spacial score (nSPS) is 36.3. The molecule has 0 spiro atoms. The predicted octanol–water partition coefficient (Wildman–Crippen LogP) is 1.78. The molecule has 50 heavy (non-hydrogen) atoms. The van der Waals surface area contributed by atoms with E-state index in [-0.39, 0.29) is 24.3 Å². The van der Waals surface area contributed by atoms with Crippen molar-refractivity contribution in [3.8, 4) is 0 Å². The smallest absolute Gasteiger partial charge is 0.386 e. The quantitative estimate of drug-likeness (QED) is 0.147. The summed E-state index contributed by atoms with van der Waals surface area (Å²) in [5.74, 6) is 0.605. The molecule has 2 unspecified atom stereocenters. The number of fused-ring (bicyclic) bond motifs is 4. The van der Waals surface area contributed by atoms with Gasteiger partial charge in [0.25, 0.3) is 5.56 Å². The Morgan fingerprint density at radius 2 is 1.70 bits per heavy atom. The lowest BCUT2D eigenvalue weighted by Gasteiger charge is -2.26. The number of ether oxygens (including phenoxy) is 2. The van der Waals surface area contributed by atoms with Gasteiger partial charge in [-0.25, -0.2) is 33.5 Å². The molecule has 4 aliphatic heterocycles. The molecule has 0 amide bonds. The zero-order valence-corrected chi connectivity index (χ0v) is 29.3. The van der Waals surface area contributed by atoms with E-state index < -0.39 is 81.5 Å². The van der Waals surface area contributed by atoms with Crippen molar-refractivity contribution in [3.05, 3.63) is 41.1 Å². The second-order valence-electron chi connectivity index (χ2n) is 12.0. The van der Waals surface area contributed by atoms with E-state index in [0.717, 1.165) is 21.9 Å². The van der Waals surface area contributed by atoms with Gasteiger partial charge in [-0.3, -0.25) is 32.0 Å². The Morgan fingerprint density at radius 3 is 2.48 bits per heavy atom. The van der Waals surface area contributed by atoms with E-state index in [1.54, 1.807) is 6.20 Å². The third-order valence-electron chi connectivity index (χ3n) is 8.94. The van der Waals surface area contributed by atoms with Crippen molar-refractivity contribution in [2.24, 2.45) is 0 Å². The van der Waals surface area contributed by atoms with Crippen LogP contribution < -0.4 is 10.9 Å². The van der Waals surface area contributed by atoms with Gasteiger partial charge in [0.15, 0.2) is 29.8 Å². The highest BCUT2D eigenvalue weighted by atomic mass is 32.7. The van der Waals surface area contributed by atoms with Gasteiger partial charge in [0, 0.05) is 12.7 Å². The highest BCUT2D eigenvalue weighted by molar-refractivity contribution is 8.44. The number of nitrogens with one attached hydrogen (secondary N) is 1. The lowest BCUT2D eigenvalue weighted by Crippen LogP contribution is -2.35. The minimum atomic E-state index is -4.41. The van der Waals surface area contributed by atoms with E-state index in [1.807, 2.05) is 0 Å². The topological polar surface area (TPSA) is 225 Å². The van der Waals surface area contributed by atoms with Gasteiger partial charge >= 0.3 is 13.6 Å². The first-order valence-corrected chi connectivity index (χ1v) is 20.9. The molecule has 4 aromatic rings. The van der Waals surface area contributed by atoms with Crippen molar-refractivity contribution in [3.63, 3.8) is 0 Å². The van der Waals surface area contributed by atoms with Crippen LogP contribution in [0.25, 0.3) is 22.2 Å². The van der Waals surface area contributed by atoms with Gasteiger partial charge in [-0.05, 0) is 18.4 Å². The summed E-state index contributed by atoms with van der Waals surface area (Å²) in [6.45, 7) is -9.66. The van der Waals surface area contributed by atoms with Crippen LogP contribution in [-0.4, -0.2) is 107 Å². The SMILES string of the molecule is O=c1c2ncn([C@@H]3O[C@@H]4COP(=O)(S)O[C@H]5[C@H](F)[C@H](n6cc7c8c(ncnc86)NCCC7)O[C@@H]5COP(=O)(S)O[C@@H]3[C@@H]4O)c2ncn1CCO. The number of rotatable bonds is 4. The Hall–Kier alpha value is -2.46. The van der Waals surface area contributed by atoms with Crippen LogP contribution in [0.1, 0.15) is 24.4 Å². The lowest BCUT2D eigenvalue weighted by molar-refractivity contribution is -0.0568. The van der Waals surface area contributed by atoms with Crippen molar-refractivity contribution in [2.75, 3.05) is 31.7 Å². The van der Waals surface area contributed by atoms with E-state index in [1.165, 1.54) is 28.1 Å². The maximum atomic E-state index is 16.4. The lowest BCUT2D eigenvalue weighted by atomic mass is 10.1. The molecule has 24 heteroatoms. The minimum Gasteiger partial charge on any atom is -0.395 e. The monoisotopic (exact) mass is 776 g/mol. The van der Waals surface area contributed by atoms with E-state index in [4.69, 9.17) is 27.6 Å². The number of aliphatic hydroxyl groups excluding tert-OH is 2. The van der Waals surface area contributed by atoms with E-state index >= 15 is 4.39 Å². The zero-order valence-electron chi connectivity index (χ0n) is 25.7. The number of aliphatic hydroxyl groups is 2. The van der Waals surface area contributed by atoms with Crippen molar-refractivity contribution >= 4 is 66.1 Å². The van der Waals surface area contributed by atoms with Crippen LogP contribution in [0.15, 0.2) is 30.0 Å². The molecule has 3 N–H and O–H groups in total. The Kier molecular flexibility index (Phi) is 9.13. The van der Waals surface area contributed by atoms with E-state index in [0.29, 0.717) is 24.4 Å². The molecule has 270 valence electrons. The maximum absolute atomic E-state index is 16.4. The average molecular weight is 777 g/mol.